The number of amides is 2. The van der Waals surface area contributed by atoms with Crippen molar-refractivity contribution in [1.29, 1.82) is 0 Å². The molecule has 21 heavy (non-hydrogen) atoms. The van der Waals surface area contributed by atoms with E-state index >= 15 is 0 Å². The molecule has 0 aromatic heterocycles. The highest BCUT2D eigenvalue weighted by Crippen LogP contribution is 2.29. The standard InChI is InChI=1S/C15H18Cl2N2O2/c16-11-8-5-9-12(17)13(11)19-15(21)14(20)18-10-6-3-1-2-4-7-10/h5,8-10H,1-4,6-7H2,(H,18,20)(H,19,21). The van der Waals surface area contributed by atoms with E-state index in [1.54, 1.807) is 18.2 Å². The number of benzene rings is 1. The predicted molar refractivity (Wildman–Crippen MR) is 84.7 cm³/mol. The van der Waals surface area contributed by atoms with E-state index in [1.807, 2.05) is 0 Å². The maximum Gasteiger partial charge on any atom is 0.313 e. The molecule has 2 rings (SSSR count). The molecular formula is C15H18Cl2N2O2. The number of anilines is 1. The van der Waals surface area contributed by atoms with Crippen LogP contribution in [-0.2, 0) is 9.59 Å². The first kappa shape index (κ1) is 16.1. The molecule has 2 amide bonds. The van der Waals surface area contributed by atoms with Gasteiger partial charge in [0.05, 0.1) is 15.7 Å². The summed E-state index contributed by atoms with van der Waals surface area (Å²) in [6, 6.07) is 4.96. The fourth-order valence-electron chi connectivity index (χ4n) is 2.46. The van der Waals surface area contributed by atoms with Gasteiger partial charge in [-0.25, -0.2) is 0 Å². The highest BCUT2D eigenvalue weighted by Gasteiger charge is 2.21. The fraction of sp³-hybridized carbons (Fsp3) is 0.467. The molecule has 6 heteroatoms. The third kappa shape index (κ3) is 4.61. The Kier molecular flexibility index (Phi) is 5.88. The summed E-state index contributed by atoms with van der Waals surface area (Å²) in [7, 11) is 0. The molecule has 0 unspecified atom stereocenters. The molecule has 1 aromatic carbocycles. The van der Waals surface area contributed by atoms with Crippen molar-refractivity contribution < 1.29 is 9.59 Å². The van der Waals surface area contributed by atoms with Crippen molar-refractivity contribution in [3.8, 4) is 0 Å². The maximum atomic E-state index is 11.9. The molecular weight excluding hydrogens is 311 g/mol. The second kappa shape index (κ2) is 7.66. The van der Waals surface area contributed by atoms with E-state index in [1.165, 1.54) is 12.8 Å². The summed E-state index contributed by atoms with van der Waals surface area (Å²) in [5.74, 6) is -1.38. The summed E-state index contributed by atoms with van der Waals surface area (Å²) >= 11 is 11.9. The van der Waals surface area contributed by atoms with Gasteiger partial charge in [-0.15, -0.1) is 0 Å². The van der Waals surface area contributed by atoms with E-state index in [2.05, 4.69) is 10.6 Å². The fourth-order valence-corrected chi connectivity index (χ4v) is 2.95. The van der Waals surface area contributed by atoms with Crippen LogP contribution in [0.3, 0.4) is 0 Å². The van der Waals surface area contributed by atoms with Gasteiger partial charge in [0, 0.05) is 6.04 Å². The van der Waals surface area contributed by atoms with Crippen molar-refractivity contribution in [3.05, 3.63) is 28.2 Å². The van der Waals surface area contributed by atoms with Gasteiger partial charge in [0.1, 0.15) is 0 Å². The predicted octanol–water partition coefficient (Wildman–Crippen LogP) is 3.77. The summed E-state index contributed by atoms with van der Waals surface area (Å²) in [6.07, 6.45) is 6.39. The average molecular weight is 329 g/mol. The first-order chi connectivity index (χ1) is 10.1. The van der Waals surface area contributed by atoms with Crippen LogP contribution in [-0.4, -0.2) is 17.9 Å². The van der Waals surface area contributed by atoms with Gasteiger partial charge >= 0.3 is 11.8 Å². The van der Waals surface area contributed by atoms with Crippen LogP contribution in [0.5, 0.6) is 0 Å². The molecule has 0 aliphatic heterocycles. The second-order valence-electron chi connectivity index (χ2n) is 5.21. The number of hydrogen-bond acceptors (Lipinski definition) is 2. The average Bonchev–Trinajstić information content (AvgIpc) is 2.71. The van der Waals surface area contributed by atoms with Crippen molar-refractivity contribution >= 4 is 40.7 Å². The lowest BCUT2D eigenvalue weighted by atomic mass is 10.1. The Labute approximate surface area is 134 Å². The van der Waals surface area contributed by atoms with Gasteiger partial charge in [-0.3, -0.25) is 9.59 Å². The number of para-hydroxylation sites is 1. The van der Waals surface area contributed by atoms with E-state index in [-0.39, 0.29) is 11.7 Å². The minimum atomic E-state index is -0.741. The van der Waals surface area contributed by atoms with E-state index in [4.69, 9.17) is 23.2 Å². The molecule has 1 saturated carbocycles. The molecule has 0 bridgehead atoms. The van der Waals surface area contributed by atoms with Crippen molar-refractivity contribution in [3.63, 3.8) is 0 Å². The SMILES string of the molecule is O=C(Nc1c(Cl)cccc1Cl)C(=O)NC1CCCCCC1. The highest BCUT2D eigenvalue weighted by atomic mass is 35.5. The largest absolute Gasteiger partial charge is 0.345 e. The summed E-state index contributed by atoms with van der Waals surface area (Å²) in [5.41, 5.74) is 0.266. The molecule has 0 heterocycles. The summed E-state index contributed by atoms with van der Waals surface area (Å²) in [4.78, 5) is 23.9. The van der Waals surface area contributed by atoms with E-state index in [9.17, 15) is 9.59 Å². The molecule has 4 nitrogen and oxygen atoms in total. The minimum Gasteiger partial charge on any atom is -0.345 e. The molecule has 1 aromatic rings. The molecule has 1 aliphatic rings. The third-order valence-electron chi connectivity index (χ3n) is 3.60. The van der Waals surface area contributed by atoms with Crippen LogP contribution in [0.15, 0.2) is 18.2 Å². The Morgan fingerprint density at radius 2 is 1.52 bits per heavy atom. The second-order valence-corrected chi connectivity index (χ2v) is 6.03. The van der Waals surface area contributed by atoms with Gasteiger partial charge in [-0.2, -0.15) is 0 Å². The number of carbonyl (C=O) groups excluding carboxylic acids is 2. The van der Waals surface area contributed by atoms with Gasteiger partial charge in [0.2, 0.25) is 0 Å². The van der Waals surface area contributed by atoms with Crippen LogP contribution in [0.25, 0.3) is 0 Å². The third-order valence-corrected chi connectivity index (χ3v) is 4.23. The van der Waals surface area contributed by atoms with Crippen molar-refractivity contribution in [1.82, 2.24) is 5.32 Å². The zero-order valence-electron chi connectivity index (χ0n) is 11.6. The van der Waals surface area contributed by atoms with E-state index < -0.39 is 11.8 Å². The number of hydrogen-bond donors (Lipinski definition) is 2. The molecule has 114 valence electrons. The smallest absolute Gasteiger partial charge is 0.313 e. The lowest BCUT2D eigenvalue weighted by molar-refractivity contribution is -0.136. The molecule has 2 N–H and O–H groups in total. The minimum absolute atomic E-state index is 0.0764. The molecule has 0 radical (unpaired) electrons. The first-order valence-electron chi connectivity index (χ1n) is 7.14. The van der Waals surface area contributed by atoms with Crippen LogP contribution >= 0.6 is 23.2 Å². The zero-order chi connectivity index (χ0) is 15.2. The Morgan fingerprint density at radius 1 is 0.952 bits per heavy atom. The molecule has 0 atom stereocenters. The van der Waals surface area contributed by atoms with Crippen molar-refractivity contribution in [2.75, 3.05) is 5.32 Å². The summed E-state index contributed by atoms with van der Waals surface area (Å²) in [6.45, 7) is 0. The molecule has 0 saturated heterocycles. The lowest BCUT2D eigenvalue weighted by Gasteiger charge is -2.16. The number of nitrogens with one attached hydrogen (secondary N) is 2. The van der Waals surface area contributed by atoms with E-state index in [0.29, 0.717) is 10.0 Å². The van der Waals surface area contributed by atoms with Crippen LogP contribution in [0, 0.1) is 0 Å². The van der Waals surface area contributed by atoms with Crippen LogP contribution in [0.4, 0.5) is 5.69 Å². The Morgan fingerprint density at radius 3 is 2.10 bits per heavy atom. The summed E-state index contributed by atoms with van der Waals surface area (Å²) in [5, 5.41) is 5.86. The van der Waals surface area contributed by atoms with Gasteiger partial charge in [-0.05, 0) is 25.0 Å². The highest BCUT2D eigenvalue weighted by molar-refractivity contribution is 6.44. The monoisotopic (exact) mass is 328 g/mol. The zero-order valence-corrected chi connectivity index (χ0v) is 13.1. The normalized spacial score (nSPS) is 16.1. The number of halogens is 2. The van der Waals surface area contributed by atoms with Gasteiger partial charge in [-0.1, -0.05) is 55.0 Å². The Bertz CT molecular complexity index is 506. The first-order valence-corrected chi connectivity index (χ1v) is 7.89. The van der Waals surface area contributed by atoms with Crippen molar-refractivity contribution in [2.45, 2.75) is 44.6 Å². The van der Waals surface area contributed by atoms with Crippen LogP contribution in [0.2, 0.25) is 10.0 Å². The van der Waals surface area contributed by atoms with Crippen molar-refractivity contribution in [2.24, 2.45) is 0 Å². The van der Waals surface area contributed by atoms with Gasteiger partial charge < -0.3 is 10.6 Å². The maximum absolute atomic E-state index is 11.9. The number of carbonyl (C=O) groups is 2. The van der Waals surface area contributed by atoms with E-state index in [0.717, 1.165) is 25.7 Å². The van der Waals surface area contributed by atoms with Gasteiger partial charge in [0.15, 0.2) is 0 Å². The Balaban J connectivity index is 1.94. The lowest BCUT2D eigenvalue weighted by Crippen LogP contribution is -2.41. The van der Waals surface area contributed by atoms with Gasteiger partial charge in [0.25, 0.3) is 0 Å². The molecule has 1 aliphatic carbocycles. The number of rotatable bonds is 2. The molecule has 1 fully saturated rings. The summed E-state index contributed by atoms with van der Waals surface area (Å²) < 4.78 is 0. The van der Waals surface area contributed by atoms with Crippen LogP contribution in [0.1, 0.15) is 38.5 Å². The molecule has 0 spiro atoms. The topological polar surface area (TPSA) is 58.2 Å². The van der Waals surface area contributed by atoms with Crippen LogP contribution < -0.4 is 10.6 Å². The quantitative estimate of drug-likeness (QED) is 0.641. The Hall–Kier alpha value is -1.26.